The minimum atomic E-state index is -3.30. The second-order valence-corrected chi connectivity index (χ2v) is 13.7. The number of alkyl halides is 2. The van der Waals surface area contributed by atoms with Crippen LogP contribution in [0.1, 0.15) is 45.7 Å². The fourth-order valence-electron chi connectivity index (χ4n) is 5.38. The smallest absolute Gasteiger partial charge is 0.293 e. The average Bonchev–Trinajstić information content (AvgIpc) is 2.86. The summed E-state index contributed by atoms with van der Waals surface area (Å²) < 4.78 is 52.5. The van der Waals surface area contributed by atoms with Crippen LogP contribution in [-0.2, 0) is 9.84 Å². The number of aliphatic hydroxyl groups is 1. The fourth-order valence-corrected chi connectivity index (χ4v) is 6.54. The summed E-state index contributed by atoms with van der Waals surface area (Å²) in [5.41, 5.74) is -0.268. The first-order valence-corrected chi connectivity index (χ1v) is 15.4. The Bertz CT molecular complexity index is 1530. The lowest BCUT2D eigenvalue weighted by Gasteiger charge is -2.48. The molecule has 13 heteroatoms. The molecule has 0 aromatic carbocycles. The van der Waals surface area contributed by atoms with E-state index in [9.17, 15) is 22.3 Å². The number of fused-ring (bicyclic) bond motifs is 1. The number of halogens is 2. The van der Waals surface area contributed by atoms with Gasteiger partial charge in [-0.15, -0.1) is 0 Å². The number of nitrogens with zero attached hydrogens (tertiary/aromatic N) is 6. The first kappa shape index (κ1) is 28.3. The van der Waals surface area contributed by atoms with Crippen LogP contribution in [0.2, 0.25) is 0 Å². The van der Waals surface area contributed by atoms with E-state index in [4.69, 9.17) is 4.98 Å². The van der Waals surface area contributed by atoms with Gasteiger partial charge < -0.3 is 20.2 Å². The molecule has 2 aliphatic rings. The van der Waals surface area contributed by atoms with Crippen LogP contribution in [0, 0.1) is 5.92 Å². The van der Waals surface area contributed by atoms with Gasteiger partial charge in [-0.3, -0.25) is 4.98 Å². The van der Waals surface area contributed by atoms with E-state index in [2.05, 4.69) is 39.0 Å². The molecule has 0 saturated carbocycles. The van der Waals surface area contributed by atoms with Gasteiger partial charge in [-0.05, 0) is 38.3 Å². The number of anilines is 4. The molecule has 2 saturated heterocycles. The Morgan fingerprint density at radius 3 is 2.58 bits per heavy atom. The number of nitrogens with one attached hydrogen (secondary N) is 1. The molecule has 5 rings (SSSR count). The van der Waals surface area contributed by atoms with Crippen molar-refractivity contribution in [3.63, 3.8) is 0 Å². The van der Waals surface area contributed by atoms with Crippen molar-refractivity contribution in [3.8, 4) is 0 Å². The fraction of sp³-hybridized carbons (Fsp3) is 0.556. The molecule has 3 aromatic heterocycles. The summed E-state index contributed by atoms with van der Waals surface area (Å²) in [4.78, 5) is 21.5. The Balaban J connectivity index is 1.41. The largest absolute Gasteiger partial charge is 0.384 e. The molecule has 2 aliphatic heterocycles. The predicted octanol–water partition coefficient (Wildman–Crippen LogP) is 3.75. The quantitative estimate of drug-likeness (QED) is 0.430. The number of piperidine rings is 1. The number of aromatic nitrogens is 4. The lowest BCUT2D eigenvalue weighted by atomic mass is 9.90. The van der Waals surface area contributed by atoms with Gasteiger partial charge in [0, 0.05) is 54.5 Å². The maximum absolute atomic E-state index is 14.4. The monoisotopic (exact) mass is 575 g/mol. The van der Waals surface area contributed by atoms with Gasteiger partial charge in [0.05, 0.1) is 29.9 Å². The van der Waals surface area contributed by atoms with E-state index >= 15 is 0 Å². The van der Waals surface area contributed by atoms with Gasteiger partial charge in [-0.25, -0.2) is 27.2 Å². The van der Waals surface area contributed by atoms with Gasteiger partial charge in [0.2, 0.25) is 5.95 Å². The third-order valence-electron chi connectivity index (χ3n) is 7.99. The van der Waals surface area contributed by atoms with E-state index in [1.807, 2.05) is 19.2 Å². The highest BCUT2D eigenvalue weighted by atomic mass is 32.2. The summed E-state index contributed by atoms with van der Waals surface area (Å²) in [7, 11) is -3.06. The molecule has 0 bridgehead atoms. The highest BCUT2D eigenvalue weighted by Crippen LogP contribution is 2.39. The molecule has 0 spiro atoms. The summed E-state index contributed by atoms with van der Waals surface area (Å²) in [6.07, 6.45) is 6.26. The minimum absolute atomic E-state index is 0.0488. The third kappa shape index (κ3) is 5.40. The molecule has 10 nitrogen and oxygen atoms in total. The summed E-state index contributed by atoms with van der Waals surface area (Å²) >= 11 is 0. The standard InChI is InChI=1S/C27H35F2N7O3S/c1-16(2)24-19-10-23(31-11-20(19)21(12-32-24)36-13-18(17(36)3)14-40(5,38)39)33-22-6-8-30-25(34-22)35-9-7-26(4,37)27(28,29)15-35/h6,8,10-12,16-18,37H,7,9,13-15H2,1-5H3,(H,30,31,33,34)/t17-,18-,26+/m1/s1. The van der Waals surface area contributed by atoms with E-state index in [0.29, 0.717) is 18.2 Å². The maximum Gasteiger partial charge on any atom is 0.293 e. The normalized spacial score (nSPS) is 24.8. The SMILES string of the molecule is CC(C)c1ncc(N2C[C@H](CS(C)(=O)=O)[C@H]2C)c2cnc(Nc3ccnc(N4CC[C@](C)(O)C(F)(F)C4)n3)cc12. The molecule has 5 heterocycles. The average molecular weight is 576 g/mol. The molecule has 40 heavy (non-hydrogen) atoms. The van der Waals surface area contributed by atoms with Crippen LogP contribution in [0.15, 0.2) is 30.7 Å². The zero-order chi connectivity index (χ0) is 29.0. The van der Waals surface area contributed by atoms with E-state index in [1.54, 1.807) is 12.3 Å². The molecule has 216 valence electrons. The van der Waals surface area contributed by atoms with Crippen LogP contribution in [0.25, 0.3) is 10.8 Å². The molecule has 0 radical (unpaired) electrons. The predicted molar refractivity (Wildman–Crippen MR) is 151 cm³/mol. The van der Waals surface area contributed by atoms with Crippen molar-refractivity contribution < 1.29 is 22.3 Å². The molecule has 3 aromatic rings. The van der Waals surface area contributed by atoms with E-state index < -0.39 is 27.9 Å². The van der Waals surface area contributed by atoms with Crippen LogP contribution in [-0.4, -0.2) is 82.7 Å². The van der Waals surface area contributed by atoms with Crippen LogP contribution in [0.3, 0.4) is 0 Å². The van der Waals surface area contributed by atoms with Gasteiger partial charge in [0.1, 0.15) is 27.1 Å². The molecular weight excluding hydrogens is 540 g/mol. The van der Waals surface area contributed by atoms with E-state index in [0.717, 1.165) is 29.1 Å². The maximum atomic E-state index is 14.4. The molecule has 3 atom stereocenters. The van der Waals surface area contributed by atoms with Crippen molar-refractivity contribution >= 4 is 43.9 Å². The zero-order valence-corrected chi connectivity index (χ0v) is 24.1. The van der Waals surface area contributed by atoms with E-state index in [1.165, 1.54) is 17.4 Å². The van der Waals surface area contributed by atoms with Gasteiger partial charge in [-0.1, -0.05) is 13.8 Å². The molecule has 0 amide bonds. The molecule has 2 fully saturated rings. The molecule has 0 unspecified atom stereocenters. The number of sulfone groups is 1. The van der Waals surface area contributed by atoms with Crippen LogP contribution in [0.4, 0.5) is 32.1 Å². The lowest BCUT2D eigenvalue weighted by Crippen LogP contribution is -2.59. The third-order valence-corrected chi connectivity index (χ3v) is 9.02. The van der Waals surface area contributed by atoms with Gasteiger partial charge in [-0.2, -0.15) is 4.98 Å². The number of pyridine rings is 2. The topological polar surface area (TPSA) is 124 Å². The second-order valence-electron chi connectivity index (χ2n) is 11.6. The van der Waals surface area contributed by atoms with Crippen molar-refractivity contribution in [2.75, 3.05) is 46.8 Å². The Kier molecular flexibility index (Phi) is 7.10. The van der Waals surface area contributed by atoms with Crippen LogP contribution in [0.5, 0.6) is 0 Å². The lowest BCUT2D eigenvalue weighted by molar-refractivity contribution is -0.177. The Labute approximate surface area is 232 Å². The highest BCUT2D eigenvalue weighted by Gasteiger charge is 2.53. The van der Waals surface area contributed by atoms with Crippen molar-refractivity contribution in [2.24, 2.45) is 5.92 Å². The van der Waals surface area contributed by atoms with Crippen molar-refractivity contribution in [3.05, 3.63) is 36.4 Å². The molecular formula is C27H35F2N7O3S. The van der Waals surface area contributed by atoms with Gasteiger partial charge >= 0.3 is 0 Å². The molecule has 2 N–H and O–H groups in total. The first-order valence-electron chi connectivity index (χ1n) is 13.3. The Morgan fingerprint density at radius 2 is 1.93 bits per heavy atom. The summed E-state index contributed by atoms with van der Waals surface area (Å²) in [6, 6.07) is 3.58. The van der Waals surface area contributed by atoms with Crippen molar-refractivity contribution in [1.82, 2.24) is 19.9 Å². The number of hydrogen-bond donors (Lipinski definition) is 2. The Hall–Kier alpha value is -3.19. The van der Waals surface area contributed by atoms with Crippen LogP contribution >= 0.6 is 0 Å². The van der Waals surface area contributed by atoms with E-state index in [-0.39, 0.29) is 42.5 Å². The van der Waals surface area contributed by atoms with Crippen LogP contribution < -0.4 is 15.1 Å². The summed E-state index contributed by atoms with van der Waals surface area (Å²) in [6.45, 7) is 7.45. The van der Waals surface area contributed by atoms with Crippen molar-refractivity contribution in [1.29, 1.82) is 0 Å². The summed E-state index contributed by atoms with van der Waals surface area (Å²) in [5, 5.41) is 15.0. The number of rotatable bonds is 7. The van der Waals surface area contributed by atoms with Gasteiger partial charge in [0.15, 0.2) is 0 Å². The molecule has 0 aliphatic carbocycles. The second kappa shape index (κ2) is 10.0. The number of hydrogen-bond acceptors (Lipinski definition) is 10. The first-order chi connectivity index (χ1) is 18.6. The van der Waals surface area contributed by atoms with Crippen molar-refractivity contribution in [2.45, 2.75) is 57.6 Å². The minimum Gasteiger partial charge on any atom is -0.384 e. The Morgan fingerprint density at radius 1 is 1.18 bits per heavy atom. The summed E-state index contributed by atoms with van der Waals surface area (Å²) in [5.74, 6) is -1.90. The zero-order valence-electron chi connectivity index (χ0n) is 23.3. The highest BCUT2D eigenvalue weighted by molar-refractivity contribution is 7.90. The van der Waals surface area contributed by atoms with Gasteiger partial charge in [0.25, 0.3) is 5.92 Å².